The summed E-state index contributed by atoms with van der Waals surface area (Å²) in [6, 6.07) is 17.1. The van der Waals surface area contributed by atoms with Crippen LogP contribution in [-0.4, -0.2) is 43.4 Å². The summed E-state index contributed by atoms with van der Waals surface area (Å²) in [7, 11) is 1.60. The molecule has 0 fully saturated rings. The first kappa shape index (κ1) is 24.1. The fourth-order valence-electron chi connectivity index (χ4n) is 3.42. The summed E-state index contributed by atoms with van der Waals surface area (Å²) in [5.41, 5.74) is 3.30. The number of methoxy groups -OCH3 is 1. The van der Waals surface area contributed by atoms with Crippen LogP contribution in [0.2, 0.25) is 0 Å². The number of nitrogens with two attached hydrogens (primary N) is 1. The molecule has 0 radical (unpaired) electrons. The minimum Gasteiger partial charge on any atom is -0.497 e. The molecule has 0 atom stereocenters. The molecule has 2 heterocycles. The molecule has 182 valence electrons. The van der Waals surface area contributed by atoms with E-state index in [4.69, 9.17) is 15.3 Å². The minimum atomic E-state index is -0.110. The lowest BCUT2D eigenvalue weighted by Crippen LogP contribution is -2.16. The van der Waals surface area contributed by atoms with E-state index in [2.05, 4.69) is 20.6 Å². The summed E-state index contributed by atoms with van der Waals surface area (Å²) < 4.78 is 14.1. The van der Waals surface area contributed by atoms with Crippen LogP contribution in [0.5, 0.6) is 11.5 Å². The van der Waals surface area contributed by atoms with E-state index in [1.54, 1.807) is 13.2 Å². The van der Waals surface area contributed by atoms with Crippen LogP contribution in [0.4, 0.5) is 5.69 Å². The van der Waals surface area contributed by atoms with Crippen LogP contribution in [0.15, 0.2) is 59.8 Å². The molecular formula is C24H27N7O3S. The monoisotopic (exact) mass is 493 g/mol. The van der Waals surface area contributed by atoms with Gasteiger partial charge in [-0.25, -0.2) is 9.36 Å². The number of para-hydroxylation sites is 1. The van der Waals surface area contributed by atoms with Crippen molar-refractivity contribution >= 4 is 23.4 Å². The normalized spacial score (nSPS) is 10.8. The van der Waals surface area contributed by atoms with Gasteiger partial charge in [0.2, 0.25) is 11.1 Å². The van der Waals surface area contributed by atoms with Gasteiger partial charge in [0.05, 0.1) is 29.9 Å². The Morgan fingerprint density at radius 1 is 1.09 bits per heavy atom. The number of amides is 1. The number of ether oxygens (including phenoxy) is 2. The van der Waals surface area contributed by atoms with Gasteiger partial charge in [0.15, 0.2) is 5.82 Å². The van der Waals surface area contributed by atoms with Crippen molar-refractivity contribution in [1.82, 2.24) is 24.7 Å². The Bertz CT molecular complexity index is 1300. The molecule has 0 bridgehead atoms. The Morgan fingerprint density at radius 3 is 2.63 bits per heavy atom. The first-order valence-corrected chi connectivity index (χ1v) is 12.0. The van der Waals surface area contributed by atoms with E-state index >= 15 is 0 Å². The Hall–Kier alpha value is -3.99. The lowest BCUT2D eigenvalue weighted by Gasteiger charge is -2.08. The van der Waals surface area contributed by atoms with E-state index in [0.29, 0.717) is 28.2 Å². The molecule has 0 saturated heterocycles. The molecule has 35 heavy (non-hydrogen) atoms. The van der Waals surface area contributed by atoms with E-state index in [0.717, 1.165) is 22.8 Å². The maximum absolute atomic E-state index is 12.6. The highest BCUT2D eigenvalue weighted by Crippen LogP contribution is 2.24. The van der Waals surface area contributed by atoms with Crippen molar-refractivity contribution in [2.45, 2.75) is 32.0 Å². The van der Waals surface area contributed by atoms with Gasteiger partial charge in [0.25, 0.3) is 0 Å². The van der Waals surface area contributed by atoms with Crippen LogP contribution in [0.1, 0.15) is 23.6 Å². The maximum atomic E-state index is 12.6. The predicted octanol–water partition coefficient (Wildman–Crippen LogP) is 3.50. The number of benzene rings is 2. The number of thioether (sulfide) groups is 1. The van der Waals surface area contributed by atoms with Crippen LogP contribution in [0.3, 0.4) is 0 Å². The van der Waals surface area contributed by atoms with Crippen molar-refractivity contribution in [2.24, 2.45) is 0 Å². The Balaban J connectivity index is 1.29. The average molecular weight is 494 g/mol. The smallest absolute Gasteiger partial charge is 0.225 e. The highest BCUT2D eigenvalue weighted by molar-refractivity contribution is 7.99. The molecule has 0 aliphatic heterocycles. The first-order valence-electron chi connectivity index (χ1n) is 11.0. The Morgan fingerprint density at radius 2 is 1.86 bits per heavy atom. The lowest BCUT2D eigenvalue weighted by atomic mass is 10.3. The SMILES string of the molecule is COc1cccc(OCc2nnc(SCCC(=O)Nc3c(C)nn(-c4ccccc4)c3C)n2N)c1. The van der Waals surface area contributed by atoms with Crippen molar-refractivity contribution in [2.75, 3.05) is 24.0 Å². The molecule has 0 saturated carbocycles. The molecule has 0 unspecified atom stereocenters. The van der Waals surface area contributed by atoms with Gasteiger partial charge in [-0.3, -0.25) is 4.79 Å². The van der Waals surface area contributed by atoms with Gasteiger partial charge < -0.3 is 20.6 Å². The third-order valence-corrected chi connectivity index (χ3v) is 6.21. The van der Waals surface area contributed by atoms with Gasteiger partial charge in [0, 0.05) is 18.2 Å². The van der Waals surface area contributed by atoms with Crippen molar-refractivity contribution in [3.8, 4) is 17.2 Å². The highest BCUT2D eigenvalue weighted by atomic mass is 32.2. The quantitative estimate of drug-likeness (QED) is 0.254. The number of carbonyl (C=O) groups excluding carboxylic acids is 1. The predicted molar refractivity (Wildman–Crippen MR) is 135 cm³/mol. The summed E-state index contributed by atoms with van der Waals surface area (Å²) >= 11 is 1.35. The molecule has 0 aliphatic carbocycles. The fourth-order valence-corrected chi connectivity index (χ4v) is 4.24. The summed E-state index contributed by atoms with van der Waals surface area (Å²) in [5, 5.41) is 16.3. The molecule has 11 heteroatoms. The van der Waals surface area contributed by atoms with Gasteiger partial charge in [0.1, 0.15) is 18.1 Å². The van der Waals surface area contributed by atoms with E-state index in [1.165, 1.54) is 16.4 Å². The van der Waals surface area contributed by atoms with E-state index < -0.39 is 0 Å². The lowest BCUT2D eigenvalue weighted by molar-refractivity contribution is -0.115. The molecule has 1 amide bonds. The molecule has 4 aromatic rings. The number of rotatable bonds is 10. The molecule has 2 aromatic heterocycles. The summed E-state index contributed by atoms with van der Waals surface area (Å²) in [4.78, 5) is 12.6. The summed E-state index contributed by atoms with van der Waals surface area (Å²) in [6.07, 6.45) is 0.280. The van der Waals surface area contributed by atoms with Gasteiger partial charge >= 0.3 is 0 Å². The highest BCUT2D eigenvalue weighted by Gasteiger charge is 2.16. The number of nitrogen functional groups attached to an aromatic ring is 1. The number of aryl methyl sites for hydroxylation is 1. The van der Waals surface area contributed by atoms with Gasteiger partial charge in [-0.1, -0.05) is 36.0 Å². The Labute approximate surface area is 207 Å². The standard InChI is InChI=1S/C24H27N7O3S/c1-16-23(17(2)31(29-16)18-8-5-4-6-9-18)26-22(32)12-13-35-24-28-27-21(30(24)25)15-34-20-11-7-10-19(14-20)33-3/h4-11,14H,12-13,15,25H2,1-3H3,(H,26,32). The van der Waals surface area contributed by atoms with Gasteiger partial charge in [-0.05, 0) is 38.1 Å². The van der Waals surface area contributed by atoms with Crippen molar-refractivity contribution in [3.05, 3.63) is 71.8 Å². The van der Waals surface area contributed by atoms with Crippen LogP contribution in [0, 0.1) is 13.8 Å². The second-order valence-corrected chi connectivity index (χ2v) is 8.74. The van der Waals surface area contributed by atoms with Crippen molar-refractivity contribution < 1.29 is 14.3 Å². The van der Waals surface area contributed by atoms with Crippen LogP contribution >= 0.6 is 11.8 Å². The molecular weight excluding hydrogens is 466 g/mol. The second-order valence-electron chi connectivity index (χ2n) is 7.68. The number of aromatic nitrogens is 5. The van der Waals surface area contributed by atoms with Crippen molar-refractivity contribution in [3.63, 3.8) is 0 Å². The number of nitrogens with one attached hydrogen (secondary N) is 1. The number of nitrogens with zero attached hydrogens (tertiary/aromatic N) is 5. The minimum absolute atomic E-state index is 0.110. The zero-order valence-corrected chi connectivity index (χ0v) is 20.6. The molecule has 10 nitrogen and oxygen atoms in total. The topological polar surface area (TPSA) is 122 Å². The van der Waals surface area contributed by atoms with Crippen LogP contribution < -0.4 is 20.6 Å². The van der Waals surface area contributed by atoms with Crippen molar-refractivity contribution in [1.29, 1.82) is 0 Å². The number of hydrogen-bond donors (Lipinski definition) is 2. The largest absolute Gasteiger partial charge is 0.497 e. The van der Waals surface area contributed by atoms with E-state index in [9.17, 15) is 4.79 Å². The second kappa shape index (κ2) is 11.0. The number of anilines is 1. The third kappa shape index (κ3) is 5.75. The van der Waals surface area contributed by atoms with Gasteiger partial charge in [-0.2, -0.15) is 5.10 Å². The molecule has 2 aromatic carbocycles. The third-order valence-electron chi connectivity index (χ3n) is 5.26. The zero-order valence-electron chi connectivity index (χ0n) is 19.8. The van der Waals surface area contributed by atoms with Gasteiger partial charge in [-0.15, -0.1) is 10.2 Å². The zero-order chi connectivity index (χ0) is 24.8. The molecule has 0 spiro atoms. The molecule has 4 rings (SSSR count). The average Bonchev–Trinajstić information content (AvgIpc) is 3.37. The summed E-state index contributed by atoms with van der Waals surface area (Å²) in [5.74, 6) is 8.30. The van der Waals surface area contributed by atoms with E-state index in [-0.39, 0.29) is 18.9 Å². The Kier molecular flexibility index (Phi) is 7.56. The molecule has 3 N–H and O–H groups in total. The number of hydrogen-bond acceptors (Lipinski definition) is 8. The number of carbonyl (C=O) groups is 1. The van der Waals surface area contributed by atoms with Crippen LogP contribution in [0.25, 0.3) is 5.69 Å². The van der Waals surface area contributed by atoms with Crippen LogP contribution in [-0.2, 0) is 11.4 Å². The summed E-state index contributed by atoms with van der Waals surface area (Å²) in [6.45, 7) is 3.97. The fraction of sp³-hybridized carbons (Fsp3) is 0.250. The first-order chi connectivity index (χ1) is 17.0. The van der Waals surface area contributed by atoms with E-state index in [1.807, 2.05) is 67.1 Å². The maximum Gasteiger partial charge on any atom is 0.225 e. The molecule has 0 aliphatic rings.